The molecule has 0 bridgehead atoms. The average molecular weight is 279 g/mol. The number of fused-ring (bicyclic) bond motifs is 1. The summed E-state index contributed by atoms with van der Waals surface area (Å²) < 4.78 is 7.90. The minimum absolute atomic E-state index is 0.0305. The number of nitrogens with zero attached hydrogens (tertiary/aromatic N) is 3. The third-order valence-electron chi connectivity index (χ3n) is 3.99. The van der Waals surface area contributed by atoms with Crippen LogP contribution >= 0.6 is 0 Å². The average Bonchev–Trinajstić information content (AvgIpc) is 2.96. The predicted molar refractivity (Wildman–Crippen MR) is 81.8 cm³/mol. The van der Waals surface area contributed by atoms with Gasteiger partial charge in [-0.05, 0) is 25.3 Å². The Bertz CT molecular complexity index is 745. The molecule has 21 heavy (non-hydrogen) atoms. The van der Waals surface area contributed by atoms with Gasteiger partial charge < -0.3 is 4.74 Å². The fourth-order valence-corrected chi connectivity index (χ4v) is 2.93. The van der Waals surface area contributed by atoms with Crippen LogP contribution < -0.4 is 0 Å². The van der Waals surface area contributed by atoms with E-state index in [0.29, 0.717) is 0 Å². The first-order valence-electron chi connectivity index (χ1n) is 7.43. The molecule has 0 amide bonds. The van der Waals surface area contributed by atoms with Crippen LogP contribution in [0.5, 0.6) is 0 Å². The summed E-state index contributed by atoms with van der Waals surface area (Å²) in [6, 6.07) is 12.3. The molecular formula is C17H17N3O. The van der Waals surface area contributed by atoms with Gasteiger partial charge in [0.05, 0.1) is 11.7 Å². The molecule has 1 atom stereocenters. The van der Waals surface area contributed by atoms with Crippen molar-refractivity contribution < 1.29 is 4.74 Å². The second kappa shape index (κ2) is 5.30. The zero-order valence-corrected chi connectivity index (χ0v) is 11.8. The van der Waals surface area contributed by atoms with Crippen LogP contribution in [-0.2, 0) is 4.74 Å². The van der Waals surface area contributed by atoms with Gasteiger partial charge in [0, 0.05) is 23.8 Å². The van der Waals surface area contributed by atoms with Gasteiger partial charge in [-0.25, -0.2) is 4.68 Å². The van der Waals surface area contributed by atoms with E-state index < -0.39 is 0 Å². The van der Waals surface area contributed by atoms with Crippen LogP contribution in [0.1, 0.15) is 25.5 Å². The Hall–Kier alpha value is -2.20. The third-order valence-corrected chi connectivity index (χ3v) is 3.99. The highest BCUT2D eigenvalue weighted by atomic mass is 16.5. The highest BCUT2D eigenvalue weighted by molar-refractivity contribution is 5.92. The molecule has 1 aromatic carbocycles. The third kappa shape index (κ3) is 2.21. The molecule has 3 aromatic rings. The van der Waals surface area contributed by atoms with Crippen molar-refractivity contribution in [3.05, 3.63) is 48.8 Å². The first-order chi connectivity index (χ1) is 10.4. The van der Waals surface area contributed by atoms with Gasteiger partial charge in [0.25, 0.3) is 0 Å². The summed E-state index contributed by atoms with van der Waals surface area (Å²) in [6.07, 6.45) is 7.07. The summed E-state index contributed by atoms with van der Waals surface area (Å²) in [6.45, 7) is 0.812. The van der Waals surface area contributed by atoms with Crippen LogP contribution in [0.4, 0.5) is 0 Å². The fourth-order valence-electron chi connectivity index (χ4n) is 2.93. The molecule has 0 radical (unpaired) electrons. The molecule has 1 unspecified atom stereocenters. The molecule has 1 aliphatic heterocycles. The van der Waals surface area contributed by atoms with E-state index in [-0.39, 0.29) is 6.23 Å². The maximum Gasteiger partial charge on any atom is 0.150 e. The van der Waals surface area contributed by atoms with Crippen LogP contribution in [0.25, 0.3) is 22.2 Å². The maximum absolute atomic E-state index is 5.89. The van der Waals surface area contributed by atoms with Gasteiger partial charge in [-0.2, -0.15) is 5.10 Å². The molecular weight excluding hydrogens is 262 g/mol. The minimum Gasteiger partial charge on any atom is -0.356 e. The lowest BCUT2D eigenvalue weighted by molar-refractivity contribution is -0.0365. The van der Waals surface area contributed by atoms with E-state index in [4.69, 9.17) is 9.84 Å². The standard InChI is InChI=1S/C17H17N3O/c1-2-6-13(7-3-1)17-14-9-10-18-12-15(14)20(19-17)16-8-4-5-11-21-16/h1-3,6-7,9-10,12,16H,4-5,8,11H2. The Morgan fingerprint density at radius 2 is 2.00 bits per heavy atom. The molecule has 1 aliphatic rings. The number of aromatic nitrogens is 3. The van der Waals surface area contributed by atoms with Crippen LogP contribution in [-0.4, -0.2) is 21.4 Å². The van der Waals surface area contributed by atoms with Crippen LogP contribution in [0.15, 0.2) is 48.8 Å². The van der Waals surface area contributed by atoms with Gasteiger partial charge in [0.1, 0.15) is 5.69 Å². The van der Waals surface area contributed by atoms with Gasteiger partial charge in [-0.1, -0.05) is 30.3 Å². The van der Waals surface area contributed by atoms with E-state index in [2.05, 4.69) is 17.1 Å². The minimum atomic E-state index is 0.0305. The summed E-state index contributed by atoms with van der Waals surface area (Å²) >= 11 is 0. The zero-order chi connectivity index (χ0) is 14.1. The van der Waals surface area contributed by atoms with Crippen molar-refractivity contribution in [2.45, 2.75) is 25.5 Å². The number of rotatable bonds is 2. The van der Waals surface area contributed by atoms with Crippen LogP contribution in [0.3, 0.4) is 0 Å². The van der Waals surface area contributed by atoms with E-state index in [1.54, 1.807) is 0 Å². The normalized spacial score (nSPS) is 19.0. The second-order valence-corrected chi connectivity index (χ2v) is 5.37. The van der Waals surface area contributed by atoms with E-state index in [0.717, 1.165) is 41.6 Å². The Morgan fingerprint density at radius 1 is 1.10 bits per heavy atom. The van der Waals surface area contributed by atoms with Gasteiger partial charge in [0.15, 0.2) is 6.23 Å². The first kappa shape index (κ1) is 12.5. The highest BCUT2D eigenvalue weighted by Crippen LogP contribution is 2.31. The van der Waals surface area contributed by atoms with Gasteiger partial charge in [0.2, 0.25) is 0 Å². The van der Waals surface area contributed by atoms with Crippen molar-refractivity contribution in [1.82, 2.24) is 14.8 Å². The smallest absolute Gasteiger partial charge is 0.150 e. The van der Waals surface area contributed by atoms with E-state index in [1.165, 1.54) is 6.42 Å². The zero-order valence-electron chi connectivity index (χ0n) is 11.8. The van der Waals surface area contributed by atoms with Gasteiger partial charge in [-0.3, -0.25) is 4.98 Å². The lowest BCUT2D eigenvalue weighted by Crippen LogP contribution is -2.19. The first-order valence-corrected chi connectivity index (χ1v) is 7.43. The van der Waals surface area contributed by atoms with Crippen molar-refractivity contribution in [2.75, 3.05) is 6.61 Å². The molecule has 0 N–H and O–H groups in total. The quantitative estimate of drug-likeness (QED) is 0.716. The monoisotopic (exact) mass is 279 g/mol. The highest BCUT2D eigenvalue weighted by Gasteiger charge is 2.21. The molecule has 2 aromatic heterocycles. The molecule has 4 heteroatoms. The van der Waals surface area contributed by atoms with Crippen LogP contribution in [0, 0.1) is 0 Å². The predicted octanol–water partition coefficient (Wildman–Crippen LogP) is 3.80. The SMILES string of the molecule is c1ccc(-c2nn(C3CCCCO3)c3cnccc23)cc1. The molecule has 1 fully saturated rings. The Balaban J connectivity index is 1.88. The summed E-state index contributed by atoms with van der Waals surface area (Å²) in [5.74, 6) is 0. The molecule has 4 nitrogen and oxygen atoms in total. The maximum atomic E-state index is 5.89. The topological polar surface area (TPSA) is 39.9 Å². The summed E-state index contributed by atoms with van der Waals surface area (Å²) in [5, 5.41) is 5.96. The lowest BCUT2D eigenvalue weighted by Gasteiger charge is -2.23. The largest absolute Gasteiger partial charge is 0.356 e. The van der Waals surface area contributed by atoms with Crippen molar-refractivity contribution in [3.63, 3.8) is 0 Å². The number of ether oxygens (including phenoxy) is 1. The summed E-state index contributed by atoms with van der Waals surface area (Å²) in [4.78, 5) is 4.26. The number of hydrogen-bond donors (Lipinski definition) is 0. The summed E-state index contributed by atoms with van der Waals surface area (Å²) in [5.41, 5.74) is 3.17. The molecule has 106 valence electrons. The van der Waals surface area contributed by atoms with Crippen molar-refractivity contribution >= 4 is 10.9 Å². The van der Waals surface area contributed by atoms with Crippen molar-refractivity contribution in [3.8, 4) is 11.3 Å². The second-order valence-electron chi connectivity index (χ2n) is 5.37. The molecule has 0 saturated carbocycles. The van der Waals surface area contributed by atoms with Gasteiger partial charge in [-0.15, -0.1) is 0 Å². The van der Waals surface area contributed by atoms with E-state index in [1.807, 2.05) is 41.3 Å². The molecule has 4 rings (SSSR count). The number of pyridine rings is 1. The molecule has 3 heterocycles. The Labute approximate surface area is 123 Å². The van der Waals surface area contributed by atoms with Crippen molar-refractivity contribution in [1.29, 1.82) is 0 Å². The Morgan fingerprint density at radius 3 is 2.81 bits per heavy atom. The number of hydrogen-bond acceptors (Lipinski definition) is 3. The fraction of sp³-hybridized carbons (Fsp3) is 0.294. The molecule has 1 saturated heterocycles. The Kier molecular flexibility index (Phi) is 3.16. The lowest BCUT2D eigenvalue weighted by atomic mass is 10.1. The number of benzene rings is 1. The molecule has 0 aliphatic carbocycles. The van der Waals surface area contributed by atoms with Crippen LogP contribution in [0.2, 0.25) is 0 Å². The molecule has 0 spiro atoms. The van der Waals surface area contributed by atoms with Gasteiger partial charge >= 0.3 is 0 Å². The van der Waals surface area contributed by atoms with E-state index >= 15 is 0 Å². The summed E-state index contributed by atoms with van der Waals surface area (Å²) in [7, 11) is 0. The van der Waals surface area contributed by atoms with Crippen molar-refractivity contribution in [2.24, 2.45) is 0 Å². The van der Waals surface area contributed by atoms with E-state index in [9.17, 15) is 0 Å².